The molecule has 1 N–H and O–H groups in total. The fourth-order valence-electron chi connectivity index (χ4n) is 1.54. The van der Waals surface area contributed by atoms with Gasteiger partial charge >= 0.3 is 11.9 Å². The third-order valence-corrected chi connectivity index (χ3v) is 2.47. The van der Waals surface area contributed by atoms with E-state index in [0.29, 0.717) is 5.56 Å². The number of carbonyl (C=O) groups excluding carboxylic acids is 2. The van der Waals surface area contributed by atoms with Gasteiger partial charge < -0.3 is 14.6 Å². The first-order valence-corrected chi connectivity index (χ1v) is 6.60. The van der Waals surface area contributed by atoms with Gasteiger partial charge in [-0.25, -0.2) is 9.59 Å². The fourth-order valence-corrected chi connectivity index (χ4v) is 1.54. The molecule has 0 fully saturated rings. The smallest absolute Gasteiger partial charge is 0.373 e. The summed E-state index contributed by atoms with van der Waals surface area (Å²) >= 11 is 0. The van der Waals surface area contributed by atoms with Crippen molar-refractivity contribution in [1.82, 2.24) is 0 Å². The summed E-state index contributed by atoms with van der Waals surface area (Å²) in [6.07, 6.45) is 2.46. The molecule has 1 aromatic rings. The number of allylic oxidation sites excluding steroid dienone is 2. The summed E-state index contributed by atoms with van der Waals surface area (Å²) < 4.78 is 9.61. The molecule has 0 saturated heterocycles. The van der Waals surface area contributed by atoms with Crippen LogP contribution in [0.5, 0.6) is 0 Å². The van der Waals surface area contributed by atoms with Gasteiger partial charge in [0, 0.05) is 0 Å². The Kier molecular flexibility index (Phi) is 6.74. The zero-order chi connectivity index (χ0) is 15.7. The summed E-state index contributed by atoms with van der Waals surface area (Å²) in [5, 5.41) is 9.55. The summed E-state index contributed by atoms with van der Waals surface area (Å²) in [7, 11) is 0. The molecular formula is C16H18O5. The Labute approximate surface area is 123 Å². The number of aliphatic hydroxyl groups excluding tert-OH is 1. The molecule has 112 valence electrons. The zero-order valence-electron chi connectivity index (χ0n) is 12.0. The van der Waals surface area contributed by atoms with Crippen LogP contribution in [0, 0.1) is 0 Å². The maximum Gasteiger partial charge on any atom is 0.373 e. The van der Waals surface area contributed by atoms with Crippen molar-refractivity contribution in [1.29, 1.82) is 0 Å². The van der Waals surface area contributed by atoms with Crippen molar-refractivity contribution >= 4 is 17.5 Å². The van der Waals surface area contributed by atoms with Gasteiger partial charge in [0.05, 0.1) is 18.8 Å². The lowest BCUT2D eigenvalue weighted by Crippen LogP contribution is -2.08. The van der Waals surface area contributed by atoms with Crippen molar-refractivity contribution < 1.29 is 24.2 Å². The van der Waals surface area contributed by atoms with E-state index < -0.39 is 17.7 Å². The molecule has 0 aliphatic rings. The highest BCUT2D eigenvalue weighted by atomic mass is 16.5. The molecule has 0 aliphatic heterocycles. The third kappa shape index (κ3) is 5.14. The second-order valence-corrected chi connectivity index (χ2v) is 3.94. The van der Waals surface area contributed by atoms with Crippen LogP contribution in [0.1, 0.15) is 19.4 Å². The molecule has 0 aromatic heterocycles. The van der Waals surface area contributed by atoms with Crippen LogP contribution >= 0.6 is 0 Å². The summed E-state index contributed by atoms with van der Waals surface area (Å²) in [6.45, 7) is 3.72. The van der Waals surface area contributed by atoms with Gasteiger partial charge in [0.25, 0.3) is 0 Å². The molecule has 0 spiro atoms. The first-order valence-electron chi connectivity index (χ1n) is 6.60. The second-order valence-electron chi connectivity index (χ2n) is 3.94. The van der Waals surface area contributed by atoms with Crippen LogP contribution in [0.25, 0.3) is 5.57 Å². The Balaban J connectivity index is 3.07. The summed E-state index contributed by atoms with van der Waals surface area (Å²) in [4.78, 5) is 23.2. The zero-order valence-corrected chi connectivity index (χ0v) is 12.0. The fraction of sp³-hybridized carbons (Fsp3) is 0.250. The number of carbonyl (C=O) groups is 2. The predicted molar refractivity (Wildman–Crippen MR) is 78.4 cm³/mol. The van der Waals surface area contributed by atoms with Gasteiger partial charge in [-0.3, -0.25) is 0 Å². The minimum absolute atomic E-state index is 0.157. The largest absolute Gasteiger partial charge is 0.502 e. The molecular weight excluding hydrogens is 272 g/mol. The van der Waals surface area contributed by atoms with Crippen molar-refractivity contribution in [2.75, 3.05) is 13.2 Å². The van der Waals surface area contributed by atoms with Gasteiger partial charge in [-0.1, -0.05) is 30.3 Å². The molecule has 5 heteroatoms. The molecule has 0 atom stereocenters. The number of hydrogen-bond donors (Lipinski definition) is 1. The highest BCUT2D eigenvalue weighted by Crippen LogP contribution is 2.16. The van der Waals surface area contributed by atoms with Crippen LogP contribution in [0.15, 0.2) is 48.2 Å². The Morgan fingerprint density at radius 1 is 1.00 bits per heavy atom. The SMILES string of the molecule is CCOC(=O)/C(O)=C/C=C(/C(=O)OCC)c1ccccc1. The minimum atomic E-state index is -0.843. The monoisotopic (exact) mass is 290 g/mol. The van der Waals surface area contributed by atoms with Crippen LogP contribution < -0.4 is 0 Å². The third-order valence-electron chi connectivity index (χ3n) is 2.47. The molecule has 0 aliphatic carbocycles. The van der Waals surface area contributed by atoms with Gasteiger partial charge in [-0.15, -0.1) is 0 Å². The van der Waals surface area contributed by atoms with Crippen molar-refractivity contribution in [2.45, 2.75) is 13.8 Å². The van der Waals surface area contributed by atoms with Crippen molar-refractivity contribution in [3.8, 4) is 0 Å². The van der Waals surface area contributed by atoms with E-state index in [4.69, 9.17) is 4.74 Å². The number of ether oxygens (including phenoxy) is 2. The molecule has 0 heterocycles. The van der Waals surface area contributed by atoms with Crippen LogP contribution in [0.2, 0.25) is 0 Å². The van der Waals surface area contributed by atoms with E-state index in [1.807, 2.05) is 6.07 Å². The van der Waals surface area contributed by atoms with E-state index in [1.165, 1.54) is 6.08 Å². The second kappa shape index (κ2) is 8.58. The van der Waals surface area contributed by atoms with Gasteiger partial charge in [0.2, 0.25) is 5.76 Å². The number of aliphatic hydroxyl groups is 1. The first-order chi connectivity index (χ1) is 10.1. The Morgan fingerprint density at radius 2 is 1.57 bits per heavy atom. The van der Waals surface area contributed by atoms with Gasteiger partial charge in [0.1, 0.15) is 0 Å². The normalized spacial score (nSPS) is 11.9. The maximum atomic E-state index is 11.9. The minimum Gasteiger partial charge on any atom is -0.502 e. The molecule has 5 nitrogen and oxygen atoms in total. The molecule has 0 bridgehead atoms. The molecule has 0 amide bonds. The van der Waals surface area contributed by atoms with Crippen molar-refractivity contribution in [3.05, 3.63) is 53.8 Å². The van der Waals surface area contributed by atoms with Crippen LogP contribution in [-0.2, 0) is 19.1 Å². The average Bonchev–Trinajstić information content (AvgIpc) is 2.49. The number of benzene rings is 1. The highest BCUT2D eigenvalue weighted by molar-refractivity contribution is 6.16. The molecule has 1 rings (SSSR count). The van der Waals surface area contributed by atoms with Gasteiger partial charge in [0.15, 0.2) is 0 Å². The summed E-state index contributed by atoms with van der Waals surface area (Å²) in [5.74, 6) is -1.95. The van der Waals surface area contributed by atoms with E-state index in [0.717, 1.165) is 6.08 Å². The number of hydrogen-bond acceptors (Lipinski definition) is 5. The molecule has 1 aromatic carbocycles. The molecule has 21 heavy (non-hydrogen) atoms. The maximum absolute atomic E-state index is 11.9. The molecule has 0 radical (unpaired) electrons. The van der Waals surface area contributed by atoms with Crippen LogP contribution in [-0.4, -0.2) is 30.3 Å². The van der Waals surface area contributed by atoms with E-state index in [9.17, 15) is 14.7 Å². The summed E-state index contributed by atoms with van der Waals surface area (Å²) in [5.41, 5.74) is 0.872. The average molecular weight is 290 g/mol. The quantitative estimate of drug-likeness (QED) is 0.377. The predicted octanol–water partition coefficient (Wildman–Crippen LogP) is 2.64. The number of rotatable bonds is 6. The molecule has 0 saturated carbocycles. The molecule has 0 unspecified atom stereocenters. The standard InChI is InChI=1S/C16H18O5/c1-3-20-15(18)13(12-8-6-5-7-9-12)10-11-14(17)16(19)21-4-2/h5-11,17H,3-4H2,1-2H3/b13-10+,14-11-. The Hall–Kier alpha value is -2.56. The summed E-state index contributed by atoms with van der Waals surface area (Å²) in [6, 6.07) is 8.84. The first kappa shape index (κ1) is 16.5. The lowest BCUT2D eigenvalue weighted by molar-refractivity contribution is -0.141. The van der Waals surface area contributed by atoms with Gasteiger partial charge in [-0.2, -0.15) is 0 Å². The van der Waals surface area contributed by atoms with Crippen molar-refractivity contribution in [3.63, 3.8) is 0 Å². The van der Waals surface area contributed by atoms with E-state index in [2.05, 4.69) is 4.74 Å². The number of esters is 2. The topological polar surface area (TPSA) is 72.8 Å². The van der Waals surface area contributed by atoms with Crippen molar-refractivity contribution in [2.24, 2.45) is 0 Å². The van der Waals surface area contributed by atoms with Crippen LogP contribution in [0.3, 0.4) is 0 Å². The van der Waals surface area contributed by atoms with E-state index >= 15 is 0 Å². The van der Waals surface area contributed by atoms with E-state index in [1.54, 1.807) is 38.1 Å². The van der Waals surface area contributed by atoms with Gasteiger partial charge in [-0.05, 0) is 31.6 Å². The Bertz CT molecular complexity index is 543. The van der Waals surface area contributed by atoms with Crippen LogP contribution in [0.4, 0.5) is 0 Å². The highest BCUT2D eigenvalue weighted by Gasteiger charge is 2.13. The lowest BCUT2D eigenvalue weighted by Gasteiger charge is -2.06. The lowest BCUT2D eigenvalue weighted by atomic mass is 10.1. The Morgan fingerprint density at radius 3 is 2.14 bits per heavy atom. The van der Waals surface area contributed by atoms with E-state index in [-0.39, 0.29) is 18.8 Å².